The number of benzene rings is 1. The normalized spacial score (nSPS) is 9.33. The fourth-order valence-electron chi connectivity index (χ4n) is 1.17. The molecule has 0 amide bonds. The van der Waals surface area contributed by atoms with Crippen LogP contribution in [0.15, 0.2) is 24.3 Å². The Kier molecular flexibility index (Phi) is 4.22. The number of aldehydes is 2. The fourth-order valence-corrected chi connectivity index (χ4v) is 1.17. The number of carbonyl (C=O) groups is 3. The van der Waals surface area contributed by atoms with Gasteiger partial charge in [-0.25, -0.2) is 4.79 Å². The van der Waals surface area contributed by atoms with Crippen LogP contribution in [0.25, 0.3) is 0 Å². The molecule has 4 heteroatoms. The fraction of sp³-hybridized carbons (Fsp3) is 0.182. The highest BCUT2D eigenvalue weighted by molar-refractivity contribution is 5.92. The van der Waals surface area contributed by atoms with Crippen LogP contribution < -0.4 is 0 Å². The van der Waals surface area contributed by atoms with Gasteiger partial charge >= 0.3 is 5.97 Å². The maximum atomic E-state index is 11.4. The number of hydrogen-bond acceptors (Lipinski definition) is 4. The maximum Gasteiger partial charge on any atom is 0.338 e. The molecule has 0 aliphatic rings. The third-order valence-corrected chi connectivity index (χ3v) is 1.82. The molecule has 1 aromatic rings. The van der Waals surface area contributed by atoms with Crippen molar-refractivity contribution in [3.63, 3.8) is 0 Å². The zero-order valence-electron chi connectivity index (χ0n) is 8.01. The third-order valence-electron chi connectivity index (χ3n) is 1.82. The summed E-state index contributed by atoms with van der Waals surface area (Å²) in [6.45, 7) is -0.270. The summed E-state index contributed by atoms with van der Waals surface area (Å²) in [6, 6.07) is 6.64. The Bertz CT molecular complexity index is 371. The molecule has 1 rings (SSSR count). The Morgan fingerprint density at radius 1 is 1.20 bits per heavy atom. The molecule has 0 saturated heterocycles. The van der Waals surface area contributed by atoms with Crippen LogP contribution in [-0.4, -0.2) is 25.1 Å². The van der Waals surface area contributed by atoms with Crippen molar-refractivity contribution in [2.24, 2.45) is 0 Å². The van der Waals surface area contributed by atoms with E-state index in [0.717, 1.165) is 0 Å². The Morgan fingerprint density at radius 3 is 2.60 bits per heavy atom. The lowest BCUT2D eigenvalue weighted by Crippen LogP contribution is -2.10. The molecule has 0 radical (unpaired) electrons. The molecule has 0 atom stereocenters. The molecule has 0 saturated carbocycles. The van der Waals surface area contributed by atoms with Gasteiger partial charge in [0.25, 0.3) is 0 Å². The molecular formula is C11H10O4. The van der Waals surface area contributed by atoms with Crippen molar-refractivity contribution in [1.29, 1.82) is 0 Å². The maximum absolute atomic E-state index is 11.4. The lowest BCUT2D eigenvalue weighted by molar-refractivity contribution is -0.110. The average Bonchev–Trinajstić information content (AvgIpc) is 2.27. The number of rotatable bonds is 5. The van der Waals surface area contributed by atoms with Gasteiger partial charge in [0.1, 0.15) is 12.9 Å². The molecular weight excluding hydrogens is 196 g/mol. The molecule has 0 bridgehead atoms. The molecule has 1 aromatic carbocycles. The summed E-state index contributed by atoms with van der Waals surface area (Å²) in [4.78, 5) is 31.8. The van der Waals surface area contributed by atoms with Gasteiger partial charge in [-0.2, -0.15) is 0 Å². The first kappa shape index (κ1) is 11.1. The Labute approximate surface area is 86.9 Å². The van der Waals surface area contributed by atoms with Gasteiger partial charge in [-0.1, -0.05) is 18.2 Å². The Hall–Kier alpha value is -1.97. The second kappa shape index (κ2) is 5.70. The van der Waals surface area contributed by atoms with E-state index in [1.807, 2.05) is 0 Å². The molecule has 0 aliphatic carbocycles. The van der Waals surface area contributed by atoms with E-state index in [-0.39, 0.29) is 13.0 Å². The summed E-state index contributed by atoms with van der Waals surface area (Å²) in [7, 11) is 0. The van der Waals surface area contributed by atoms with Crippen LogP contribution in [0, 0.1) is 0 Å². The second-order valence-corrected chi connectivity index (χ2v) is 2.79. The minimum absolute atomic E-state index is 0.159. The van der Waals surface area contributed by atoms with E-state index in [9.17, 15) is 14.4 Å². The van der Waals surface area contributed by atoms with E-state index in [4.69, 9.17) is 0 Å². The monoisotopic (exact) mass is 206 g/mol. The predicted octanol–water partition coefficient (Wildman–Crippen LogP) is 0.784. The summed E-state index contributed by atoms with van der Waals surface area (Å²) in [5.41, 5.74) is 0.926. The van der Waals surface area contributed by atoms with Crippen molar-refractivity contribution in [2.45, 2.75) is 6.42 Å². The van der Waals surface area contributed by atoms with Crippen LogP contribution in [-0.2, 0) is 20.7 Å². The summed E-state index contributed by atoms with van der Waals surface area (Å²) in [5.74, 6) is -0.584. The number of carbonyl (C=O) groups excluding carboxylic acids is 3. The number of hydrogen-bond donors (Lipinski definition) is 0. The van der Waals surface area contributed by atoms with Crippen molar-refractivity contribution in [3.8, 4) is 0 Å². The topological polar surface area (TPSA) is 60.4 Å². The standard InChI is InChI=1S/C11H10O4/c12-6-5-9-3-1-2-4-10(9)11(14)15-8-7-13/h1-4,6-7H,5,8H2. The molecule has 0 aromatic heterocycles. The van der Waals surface area contributed by atoms with Gasteiger partial charge in [0.05, 0.1) is 5.56 Å². The molecule has 0 fully saturated rings. The highest BCUT2D eigenvalue weighted by Gasteiger charge is 2.11. The van der Waals surface area contributed by atoms with Gasteiger partial charge in [-0.05, 0) is 11.6 Å². The van der Waals surface area contributed by atoms with Crippen LogP contribution >= 0.6 is 0 Å². The molecule has 0 unspecified atom stereocenters. The van der Waals surface area contributed by atoms with Gasteiger partial charge in [0.2, 0.25) is 0 Å². The molecule has 0 N–H and O–H groups in total. The van der Waals surface area contributed by atoms with Gasteiger partial charge < -0.3 is 9.53 Å². The predicted molar refractivity (Wildman–Crippen MR) is 52.6 cm³/mol. The number of esters is 1. The van der Waals surface area contributed by atoms with Gasteiger partial charge in [-0.15, -0.1) is 0 Å². The van der Waals surface area contributed by atoms with Crippen LogP contribution in [0.3, 0.4) is 0 Å². The molecule has 0 aliphatic heterocycles. The summed E-state index contributed by atoms with van der Waals surface area (Å²) in [6.07, 6.45) is 1.37. The zero-order chi connectivity index (χ0) is 11.1. The van der Waals surface area contributed by atoms with E-state index in [2.05, 4.69) is 4.74 Å². The van der Waals surface area contributed by atoms with E-state index < -0.39 is 5.97 Å². The summed E-state index contributed by atoms with van der Waals surface area (Å²) >= 11 is 0. The average molecular weight is 206 g/mol. The van der Waals surface area contributed by atoms with Crippen LogP contribution in [0.2, 0.25) is 0 Å². The lowest BCUT2D eigenvalue weighted by atomic mass is 10.1. The van der Waals surface area contributed by atoms with Crippen LogP contribution in [0.5, 0.6) is 0 Å². The lowest BCUT2D eigenvalue weighted by Gasteiger charge is -2.05. The Balaban J connectivity index is 2.86. The third kappa shape index (κ3) is 3.02. The molecule has 78 valence electrons. The summed E-state index contributed by atoms with van der Waals surface area (Å²) in [5, 5.41) is 0. The van der Waals surface area contributed by atoms with E-state index in [0.29, 0.717) is 23.7 Å². The van der Waals surface area contributed by atoms with E-state index >= 15 is 0 Å². The van der Waals surface area contributed by atoms with Crippen LogP contribution in [0.1, 0.15) is 15.9 Å². The molecule has 4 nitrogen and oxygen atoms in total. The van der Waals surface area contributed by atoms with Gasteiger partial charge in [-0.3, -0.25) is 4.79 Å². The van der Waals surface area contributed by atoms with Gasteiger partial charge in [0.15, 0.2) is 6.29 Å². The smallest absolute Gasteiger partial charge is 0.338 e. The van der Waals surface area contributed by atoms with Crippen molar-refractivity contribution in [2.75, 3.05) is 6.61 Å². The highest BCUT2D eigenvalue weighted by Crippen LogP contribution is 2.10. The molecule has 0 spiro atoms. The highest BCUT2D eigenvalue weighted by atomic mass is 16.5. The Morgan fingerprint density at radius 2 is 1.93 bits per heavy atom. The minimum Gasteiger partial charge on any atom is -0.454 e. The first-order chi connectivity index (χ1) is 7.29. The quantitative estimate of drug-likeness (QED) is 0.527. The first-order valence-electron chi connectivity index (χ1n) is 4.42. The molecule has 0 heterocycles. The van der Waals surface area contributed by atoms with Crippen molar-refractivity contribution in [3.05, 3.63) is 35.4 Å². The molecule has 15 heavy (non-hydrogen) atoms. The first-order valence-corrected chi connectivity index (χ1v) is 4.42. The number of ether oxygens (including phenoxy) is 1. The van der Waals surface area contributed by atoms with Crippen molar-refractivity contribution in [1.82, 2.24) is 0 Å². The van der Waals surface area contributed by atoms with E-state index in [1.54, 1.807) is 24.3 Å². The van der Waals surface area contributed by atoms with Crippen LogP contribution in [0.4, 0.5) is 0 Å². The summed E-state index contributed by atoms with van der Waals surface area (Å²) < 4.78 is 4.64. The SMILES string of the molecule is O=CCOC(=O)c1ccccc1CC=O. The minimum atomic E-state index is -0.584. The second-order valence-electron chi connectivity index (χ2n) is 2.79. The van der Waals surface area contributed by atoms with E-state index in [1.165, 1.54) is 0 Å². The van der Waals surface area contributed by atoms with Gasteiger partial charge in [0, 0.05) is 6.42 Å². The van der Waals surface area contributed by atoms with Crippen molar-refractivity contribution < 1.29 is 19.1 Å². The van der Waals surface area contributed by atoms with Crippen molar-refractivity contribution >= 4 is 18.5 Å². The largest absolute Gasteiger partial charge is 0.454 e. The zero-order valence-corrected chi connectivity index (χ0v) is 8.01.